The van der Waals surface area contributed by atoms with Crippen LogP contribution in [0.25, 0.3) is 17.0 Å². The van der Waals surface area contributed by atoms with Crippen molar-refractivity contribution in [2.24, 2.45) is 0 Å². The SMILES string of the molecule is CCN(CC)C(=O)c1ccc(CNc2ccc3nnc(-c4ccccc4F)n3n2)cc1. The van der Waals surface area contributed by atoms with Crippen LogP contribution in [0.3, 0.4) is 0 Å². The average molecular weight is 418 g/mol. The number of hydrogen-bond acceptors (Lipinski definition) is 5. The maximum Gasteiger partial charge on any atom is 0.253 e. The molecule has 2 aromatic heterocycles. The fourth-order valence-electron chi connectivity index (χ4n) is 3.34. The number of rotatable bonds is 7. The number of nitrogens with one attached hydrogen (secondary N) is 1. The van der Waals surface area contributed by atoms with Crippen molar-refractivity contribution in [3.8, 4) is 11.4 Å². The van der Waals surface area contributed by atoms with Gasteiger partial charge in [0.05, 0.1) is 5.56 Å². The highest BCUT2D eigenvalue weighted by Crippen LogP contribution is 2.21. The second-order valence-corrected chi connectivity index (χ2v) is 7.02. The van der Waals surface area contributed by atoms with Crippen LogP contribution < -0.4 is 5.32 Å². The van der Waals surface area contributed by atoms with E-state index in [0.717, 1.165) is 5.56 Å². The first-order valence-electron chi connectivity index (χ1n) is 10.2. The van der Waals surface area contributed by atoms with Crippen molar-refractivity contribution >= 4 is 17.4 Å². The lowest BCUT2D eigenvalue weighted by atomic mass is 10.1. The standard InChI is InChI=1S/C23H23FN6O/c1-3-29(4-2)23(31)17-11-9-16(10-12-17)15-25-20-13-14-21-26-27-22(30(21)28-20)18-7-5-6-8-19(18)24/h5-14H,3-4,15H2,1-2H3,(H,25,28). The normalized spacial score (nSPS) is 10.9. The summed E-state index contributed by atoms with van der Waals surface area (Å²) in [5.41, 5.74) is 2.55. The molecule has 1 N–H and O–H groups in total. The molecule has 0 saturated heterocycles. The minimum absolute atomic E-state index is 0.0323. The molecule has 158 valence electrons. The van der Waals surface area contributed by atoms with E-state index in [9.17, 15) is 9.18 Å². The Morgan fingerprint density at radius 1 is 1.00 bits per heavy atom. The van der Waals surface area contributed by atoms with Gasteiger partial charge in [-0.2, -0.15) is 4.52 Å². The third kappa shape index (κ3) is 4.23. The molecule has 0 aliphatic heterocycles. The van der Waals surface area contributed by atoms with Gasteiger partial charge in [-0.3, -0.25) is 4.79 Å². The molecular weight excluding hydrogens is 395 g/mol. The minimum Gasteiger partial charge on any atom is -0.365 e. The first-order chi connectivity index (χ1) is 15.1. The van der Waals surface area contributed by atoms with Crippen LogP contribution in [0.4, 0.5) is 10.2 Å². The number of anilines is 1. The van der Waals surface area contributed by atoms with E-state index in [1.165, 1.54) is 10.6 Å². The second-order valence-electron chi connectivity index (χ2n) is 7.02. The summed E-state index contributed by atoms with van der Waals surface area (Å²) in [7, 11) is 0. The molecule has 8 heteroatoms. The number of benzene rings is 2. The van der Waals surface area contributed by atoms with Gasteiger partial charge < -0.3 is 10.2 Å². The highest BCUT2D eigenvalue weighted by Gasteiger charge is 2.14. The Kier molecular flexibility index (Phi) is 5.88. The van der Waals surface area contributed by atoms with E-state index in [4.69, 9.17) is 0 Å². The van der Waals surface area contributed by atoms with Crippen LogP contribution in [0.15, 0.2) is 60.7 Å². The summed E-state index contributed by atoms with van der Waals surface area (Å²) in [4.78, 5) is 14.2. The molecule has 0 aliphatic carbocycles. The zero-order chi connectivity index (χ0) is 21.8. The Balaban J connectivity index is 1.50. The van der Waals surface area contributed by atoms with Gasteiger partial charge in [0, 0.05) is 25.2 Å². The quantitative estimate of drug-likeness (QED) is 0.491. The summed E-state index contributed by atoms with van der Waals surface area (Å²) >= 11 is 0. The molecule has 1 amide bonds. The minimum atomic E-state index is -0.378. The second kappa shape index (κ2) is 8.91. The Labute approximate surface area is 179 Å². The predicted octanol–water partition coefficient (Wildman–Crippen LogP) is 4.02. The topological polar surface area (TPSA) is 75.4 Å². The number of hydrogen-bond donors (Lipinski definition) is 1. The number of carbonyl (C=O) groups is 1. The Hall–Kier alpha value is -3.81. The zero-order valence-corrected chi connectivity index (χ0v) is 17.4. The number of aromatic nitrogens is 4. The molecule has 4 aromatic rings. The molecule has 0 aliphatic rings. The van der Waals surface area contributed by atoms with Crippen LogP contribution in [-0.4, -0.2) is 43.7 Å². The Bertz CT molecular complexity index is 1200. The van der Waals surface area contributed by atoms with Crippen molar-refractivity contribution in [2.45, 2.75) is 20.4 Å². The van der Waals surface area contributed by atoms with Gasteiger partial charge in [-0.25, -0.2) is 4.39 Å². The maximum absolute atomic E-state index is 14.2. The maximum atomic E-state index is 14.2. The summed E-state index contributed by atoms with van der Waals surface area (Å²) < 4.78 is 15.7. The number of fused-ring (bicyclic) bond motifs is 1. The van der Waals surface area contributed by atoms with Crippen LogP contribution in [0.2, 0.25) is 0 Å². The molecule has 0 bridgehead atoms. The van der Waals surface area contributed by atoms with Crippen molar-refractivity contribution in [3.63, 3.8) is 0 Å². The van der Waals surface area contributed by atoms with Crippen molar-refractivity contribution in [2.75, 3.05) is 18.4 Å². The van der Waals surface area contributed by atoms with Gasteiger partial charge in [0.1, 0.15) is 11.6 Å². The van der Waals surface area contributed by atoms with Gasteiger partial charge >= 0.3 is 0 Å². The fraction of sp³-hybridized carbons (Fsp3) is 0.217. The van der Waals surface area contributed by atoms with E-state index in [1.54, 1.807) is 35.2 Å². The molecule has 0 radical (unpaired) electrons. The van der Waals surface area contributed by atoms with E-state index in [-0.39, 0.29) is 11.7 Å². The highest BCUT2D eigenvalue weighted by molar-refractivity contribution is 5.94. The largest absolute Gasteiger partial charge is 0.365 e. The van der Waals surface area contributed by atoms with Gasteiger partial charge in [-0.05, 0) is 55.8 Å². The van der Waals surface area contributed by atoms with Crippen LogP contribution in [0, 0.1) is 5.82 Å². The molecular formula is C23H23FN6O. The number of halogens is 1. The molecule has 2 heterocycles. The predicted molar refractivity (Wildman–Crippen MR) is 117 cm³/mol. The van der Waals surface area contributed by atoms with Crippen LogP contribution in [-0.2, 0) is 6.54 Å². The van der Waals surface area contributed by atoms with Gasteiger partial charge in [0.2, 0.25) is 0 Å². The van der Waals surface area contributed by atoms with Gasteiger partial charge in [0.25, 0.3) is 5.91 Å². The van der Waals surface area contributed by atoms with Crippen molar-refractivity contribution in [3.05, 3.63) is 77.6 Å². The summed E-state index contributed by atoms with van der Waals surface area (Å²) in [6, 6.07) is 17.5. The van der Waals surface area contributed by atoms with Gasteiger partial charge in [-0.15, -0.1) is 15.3 Å². The molecule has 0 spiro atoms. The summed E-state index contributed by atoms with van der Waals surface area (Å²) in [5.74, 6) is 0.602. The first kappa shape index (κ1) is 20.5. The summed E-state index contributed by atoms with van der Waals surface area (Å²) in [5, 5.41) is 15.9. The van der Waals surface area contributed by atoms with E-state index < -0.39 is 0 Å². The summed E-state index contributed by atoms with van der Waals surface area (Å²) in [6.07, 6.45) is 0. The van der Waals surface area contributed by atoms with Crippen molar-refractivity contribution < 1.29 is 9.18 Å². The fourth-order valence-corrected chi connectivity index (χ4v) is 3.34. The van der Waals surface area contributed by atoms with E-state index in [2.05, 4.69) is 20.6 Å². The van der Waals surface area contributed by atoms with Crippen LogP contribution in [0.1, 0.15) is 29.8 Å². The monoisotopic (exact) mass is 418 g/mol. The van der Waals surface area contributed by atoms with Crippen molar-refractivity contribution in [1.29, 1.82) is 0 Å². The number of nitrogens with zero attached hydrogens (tertiary/aromatic N) is 5. The first-order valence-corrected chi connectivity index (χ1v) is 10.2. The average Bonchev–Trinajstić information content (AvgIpc) is 3.22. The smallest absolute Gasteiger partial charge is 0.253 e. The lowest BCUT2D eigenvalue weighted by Gasteiger charge is -2.18. The van der Waals surface area contributed by atoms with Gasteiger partial charge in [-0.1, -0.05) is 24.3 Å². The van der Waals surface area contributed by atoms with Crippen molar-refractivity contribution in [1.82, 2.24) is 24.7 Å². The lowest BCUT2D eigenvalue weighted by molar-refractivity contribution is 0.0773. The third-order valence-electron chi connectivity index (χ3n) is 5.10. The molecule has 0 saturated carbocycles. The molecule has 0 fully saturated rings. The lowest BCUT2D eigenvalue weighted by Crippen LogP contribution is -2.30. The molecule has 4 rings (SSSR count). The molecule has 0 unspecified atom stereocenters. The zero-order valence-electron chi connectivity index (χ0n) is 17.4. The molecule has 0 atom stereocenters. The molecule has 7 nitrogen and oxygen atoms in total. The van der Waals surface area contributed by atoms with Crippen LogP contribution >= 0.6 is 0 Å². The number of carbonyl (C=O) groups excluding carboxylic acids is 1. The highest BCUT2D eigenvalue weighted by atomic mass is 19.1. The number of amides is 1. The third-order valence-corrected chi connectivity index (χ3v) is 5.10. The molecule has 2 aromatic carbocycles. The Morgan fingerprint density at radius 3 is 2.45 bits per heavy atom. The van der Waals surface area contributed by atoms with E-state index >= 15 is 0 Å². The summed E-state index contributed by atoms with van der Waals surface area (Å²) in [6.45, 7) is 5.83. The van der Waals surface area contributed by atoms with E-state index in [0.29, 0.717) is 48.1 Å². The molecule has 31 heavy (non-hydrogen) atoms. The Morgan fingerprint density at radius 2 is 1.74 bits per heavy atom. The van der Waals surface area contributed by atoms with Crippen LogP contribution in [0.5, 0.6) is 0 Å². The van der Waals surface area contributed by atoms with E-state index in [1.807, 2.05) is 38.1 Å². The van der Waals surface area contributed by atoms with Gasteiger partial charge in [0.15, 0.2) is 11.5 Å².